The molecular formula is C22H21N3O5S. The Balaban J connectivity index is 1.77. The molecule has 0 saturated carbocycles. The van der Waals surface area contributed by atoms with E-state index >= 15 is 0 Å². The lowest BCUT2D eigenvalue weighted by Crippen LogP contribution is -2.17. The molecule has 3 rings (SSSR count). The third-order valence-electron chi connectivity index (χ3n) is 4.32. The highest BCUT2D eigenvalue weighted by Gasteiger charge is 2.21. The zero-order chi connectivity index (χ0) is 22.4. The molecule has 3 aromatic rings. The van der Waals surface area contributed by atoms with E-state index in [0.29, 0.717) is 16.7 Å². The number of nitrogens with zero attached hydrogens (tertiary/aromatic N) is 2. The number of benzene rings is 2. The average Bonchev–Trinajstić information content (AvgIpc) is 2.76. The smallest absolute Gasteiger partial charge is 0.339 e. The van der Waals surface area contributed by atoms with Crippen molar-refractivity contribution in [2.75, 3.05) is 7.11 Å². The van der Waals surface area contributed by atoms with Crippen LogP contribution in [0.15, 0.2) is 70.9 Å². The van der Waals surface area contributed by atoms with Crippen LogP contribution in [0, 0.1) is 13.8 Å². The van der Waals surface area contributed by atoms with Crippen molar-refractivity contribution in [3.63, 3.8) is 0 Å². The van der Waals surface area contributed by atoms with Crippen molar-refractivity contribution in [2.24, 2.45) is 5.10 Å². The van der Waals surface area contributed by atoms with Gasteiger partial charge in [-0.05, 0) is 66.9 Å². The topological polar surface area (TPSA) is 107 Å². The number of amides is 1. The number of methoxy groups -OCH3 is 1. The lowest BCUT2D eigenvalue weighted by atomic mass is 10.2. The quantitative estimate of drug-likeness (QED) is 0.344. The molecule has 8 nitrogen and oxygen atoms in total. The Morgan fingerprint density at radius 1 is 1.03 bits per heavy atom. The summed E-state index contributed by atoms with van der Waals surface area (Å²) in [6.45, 7) is 3.51. The Hall–Kier alpha value is -3.72. The minimum atomic E-state index is -4.05. The number of carbonyl (C=O) groups excluding carboxylic acids is 1. The van der Waals surface area contributed by atoms with Gasteiger partial charge < -0.3 is 8.92 Å². The van der Waals surface area contributed by atoms with Crippen molar-refractivity contribution in [1.82, 2.24) is 10.4 Å². The van der Waals surface area contributed by atoms with Crippen LogP contribution in [0.5, 0.6) is 11.5 Å². The summed E-state index contributed by atoms with van der Waals surface area (Å²) in [7, 11) is -2.64. The first-order valence-corrected chi connectivity index (χ1v) is 10.6. The summed E-state index contributed by atoms with van der Waals surface area (Å²) in [5, 5.41) is 3.91. The van der Waals surface area contributed by atoms with Gasteiger partial charge in [-0.3, -0.25) is 9.78 Å². The number of ether oxygens (including phenoxy) is 1. The van der Waals surface area contributed by atoms with Gasteiger partial charge in [0.25, 0.3) is 5.91 Å². The number of pyridine rings is 1. The molecule has 0 bridgehead atoms. The van der Waals surface area contributed by atoms with Crippen LogP contribution in [0.1, 0.15) is 27.0 Å². The highest BCUT2D eigenvalue weighted by molar-refractivity contribution is 7.87. The van der Waals surface area contributed by atoms with Gasteiger partial charge in [-0.15, -0.1) is 0 Å². The normalized spacial score (nSPS) is 11.3. The third kappa shape index (κ3) is 5.46. The van der Waals surface area contributed by atoms with Crippen LogP contribution < -0.4 is 14.3 Å². The average molecular weight is 439 g/mol. The monoisotopic (exact) mass is 439 g/mol. The number of nitrogens with one attached hydrogen (secondary N) is 1. The number of hydrogen-bond acceptors (Lipinski definition) is 7. The summed E-state index contributed by atoms with van der Waals surface area (Å²) < 4.78 is 36.1. The Morgan fingerprint density at radius 2 is 1.77 bits per heavy atom. The number of aromatic nitrogens is 1. The Labute approximate surface area is 180 Å². The van der Waals surface area contributed by atoms with Gasteiger partial charge in [-0.2, -0.15) is 13.5 Å². The molecule has 1 heterocycles. The van der Waals surface area contributed by atoms with E-state index in [9.17, 15) is 13.2 Å². The molecule has 0 aliphatic heterocycles. The predicted octanol–water partition coefficient (Wildman–Crippen LogP) is 3.24. The second kappa shape index (κ2) is 9.40. The number of hydrogen-bond donors (Lipinski definition) is 1. The van der Waals surface area contributed by atoms with Crippen molar-refractivity contribution in [3.8, 4) is 11.5 Å². The summed E-state index contributed by atoms with van der Waals surface area (Å²) in [6, 6.07) is 12.9. The highest BCUT2D eigenvalue weighted by Crippen LogP contribution is 2.31. The van der Waals surface area contributed by atoms with E-state index in [1.807, 2.05) is 6.07 Å². The molecule has 1 aromatic heterocycles. The van der Waals surface area contributed by atoms with Crippen molar-refractivity contribution < 1.29 is 22.1 Å². The van der Waals surface area contributed by atoms with Crippen LogP contribution in [-0.2, 0) is 10.1 Å². The minimum Gasteiger partial charge on any atom is -0.493 e. The summed E-state index contributed by atoms with van der Waals surface area (Å²) in [6.07, 6.45) is 4.42. The molecule has 0 spiro atoms. The molecule has 31 heavy (non-hydrogen) atoms. The maximum Gasteiger partial charge on any atom is 0.339 e. The van der Waals surface area contributed by atoms with Gasteiger partial charge in [-0.25, -0.2) is 5.43 Å². The van der Waals surface area contributed by atoms with E-state index < -0.39 is 10.1 Å². The van der Waals surface area contributed by atoms with Gasteiger partial charge in [0.1, 0.15) is 4.90 Å². The Kier molecular flexibility index (Phi) is 6.66. The SMILES string of the molecule is COc1cc(C=NNC(=O)c2ccncc2)ccc1OS(=O)(=O)c1cc(C)ccc1C. The van der Waals surface area contributed by atoms with Gasteiger partial charge in [-0.1, -0.05) is 12.1 Å². The van der Waals surface area contributed by atoms with Crippen LogP contribution in [0.4, 0.5) is 0 Å². The summed E-state index contributed by atoms with van der Waals surface area (Å²) in [5.74, 6) is -0.134. The van der Waals surface area contributed by atoms with Crippen molar-refractivity contribution in [1.29, 1.82) is 0 Å². The van der Waals surface area contributed by atoms with E-state index in [2.05, 4.69) is 15.5 Å². The maximum atomic E-state index is 12.8. The van der Waals surface area contributed by atoms with Crippen LogP contribution in [0.2, 0.25) is 0 Å². The lowest BCUT2D eigenvalue weighted by Gasteiger charge is -2.13. The molecule has 0 aliphatic rings. The number of aryl methyl sites for hydroxylation is 2. The van der Waals surface area contributed by atoms with Crippen molar-refractivity contribution in [2.45, 2.75) is 18.7 Å². The first-order valence-electron chi connectivity index (χ1n) is 9.23. The van der Waals surface area contributed by atoms with Crippen molar-refractivity contribution >= 4 is 22.2 Å². The Bertz CT molecular complexity index is 1230. The maximum absolute atomic E-state index is 12.8. The number of rotatable bonds is 7. The van der Waals surface area contributed by atoms with Crippen LogP contribution in [0.25, 0.3) is 0 Å². The van der Waals surface area contributed by atoms with E-state index in [1.54, 1.807) is 50.2 Å². The molecule has 1 N–H and O–H groups in total. The molecular weight excluding hydrogens is 418 g/mol. The molecule has 0 unspecified atom stereocenters. The van der Waals surface area contributed by atoms with Gasteiger partial charge in [0.05, 0.1) is 13.3 Å². The molecule has 0 saturated heterocycles. The first kappa shape index (κ1) is 22.0. The van der Waals surface area contributed by atoms with Gasteiger partial charge in [0, 0.05) is 18.0 Å². The predicted molar refractivity (Wildman–Crippen MR) is 116 cm³/mol. The Morgan fingerprint density at radius 3 is 2.48 bits per heavy atom. The molecule has 0 atom stereocenters. The lowest BCUT2D eigenvalue weighted by molar-refractivity contribution is 0.0955. The molecule has 160 valence electrons. The molecule has 2 aromatic carbocycles. The zero-order valence-electron chi connectivity index (χ0n) is 17.2. The third-order valence-corrected chi connectivity index (χ3v) is 5.70. The summed E-state index contributed by atoms with van der Waals surface area (Å²) in [5.41, 5.74) is 4.79. The van der Waals surface area contributed by atoms with E-state index in [0.717, 1.165) is 5.56 Å². The fraction of sp³-hybridized carbons (Fsp3) is 0.136. The van der Waals surface area contributed by atoms with Crippen molar-refractivity contribution in [3.05, 3.63) is 83.2 Å². The molecule has 0 radical (unpaired) electrons. The van der Waals surface area contributed by atoms with Gasteiger partial charge >= 0.3 is 10.1 Å². The molecule has 9 heteroatoms. The second-order valence-corrected chi connectivity index (χ2v) is 8.17. The van der Waals surface area contributed by atoms with Crippen LogP contribution in [0.3, 0.4) is 0 Å². The summed E-state index contributed by atoms with van der Waals surface area (Å²) in [4.78, 5) is 15.9. The largest absolute Gasteiger partial charge is 0.493 e. The van der Waals surface area contributed by atoms with Crippen LogP contribution >= 0.6 is 0 Å². The zero-order valence-corrected chi connectivity index (χ0v) is 18.0. The fourth-order valence-corrected chi connectivity index (χ4v) is 3.96. The second-order valence-electron chi connectivity index (χ2n) is 6.65. The highest BCUT2D eigenvalue weighted by atomic mass is 32.2. The van der Waals surface area contributed by atoms with E-state index in [1.165, 1.54) is 31.8 Å². The fourth-order valence-electron chi connectivity index (χ4n) is 2.71. The minimum absolute atomic E-state index is 0.0429. The number of carbonyl (C=O) groups is 1. The van der Waals surface area contributed by atoms with E-state index in [-0.39, 0.29) is 22.3 Å². The van der Waals surface area contributed by atoms with E-state index in [4.69, 9.17) is 8.92 Å². The first-order chi connectivity index (χ1) is 14.8. The van der Waals surface area contributed by atoms with Crippen LogP contribution in [-0.4, -0.2) is 32.6 Å². The molecule has 1 amide bonds. The van der Waals surface area contributed by atoms with Gasteiger partial charge in [0.15, 0.2) is 11.5 Å². The number of hydrazone groups is 1. The van der Waals surface area contributed by atoms with Gasteiger partial charge in [0.2, 0.25) is 0 Å². The molecule has 0 fully saturated rings. The molecule has 0 aliphatic carbocycles. The summed E-state index contributed by atoms with van der Waals surface area (Å²) >= 11 is 0. The standard InChI is InChI=1S/C22H21N3O5S/c1-15-4-5-16(2)21(12-15)31(27,28)30-19-7-6-17(13-20(19)29-3)14-24-25-22(26)18-8-10-23-11-9-18/h4-14H,1-3H3,(H,25,26).